The minimum absolute atomic E-state index is 0.194. The number of carbonyl (C=O) groups is 2. The molecule has 0 radical (unpaired) electrons. The summed E-state index contributed by atoms with van der Waals surface area (Å²) in [4.78, 5) is 24.5. The summed E-state index contributed by atoms with van der Waals surface area (Å²) in [5, 5.41) is 6.11. The van der Waals surface area contributed by atoms with Gasteiger partial charge in [-0.1, -0.05) is 23.7 Å². The van der Waals surface area contributed by atoms with E-state index in [1.165, 1.54) is 7.11 Å². The standard InChI is InChI=1S/C21H25ClN2O4/c1-21(2,3)28-20(26)24-17-10-9-16(27-4)13-18(17)23-19(25)11-8-14-6-5-7-15(22)12-14/h5-7,9-10,12-13H,8,11H2,1-4H3,(H,23,25)(H,24,26). The van der Waals surface area contributed by atoms with Crippen LogP contribution in [-0.2, 0) is 16.0 Å². The molecule has 2 aromatic rings. The lowest BCUT2D eigenvalue weighted by Gasteiger charge is -2.20. The summed E-state index contributed by atoms with van der Waals surface area (Å²) in [5.74, 6) is 0.361. The van der Waals surface area contributed by atoms with E-state index >= 15 is 0 Å². The molecule has 0 heterocycles. The molecular weight excluding hydrogens is 380 g/mol. The predicted molar refractivity (Wildman–Crippen MR) is 111 cm³/mol. The SMILES string of the molecule is COc1ccc(NC(=O)OC(C)(C)C)c(NC(=O)CCc2cccc(Cl)c2)c1. The van der Waals surface area contributed by atoms with Crippen LogP contribution in [0, 0.1) is 0 Å². The maximum absolute atomic E-state index is 12.4. The van der Waals surface area contributed by atoms with E-state index in [0.717, 1.165) is 5.56 Å². The molecule has 150 valence electrons. The Morgan fingerprint density at radius 3 is 2.43 bits per heavy atom. The van der Waals surface area contributed by atoms with Crippen LogP contribution in [0.3, 0.4) is 0 Å². The zero-order valence-corrected chi connectivity index (χ0v) is 17.2. The van der Waals surface area contributed by atoms with E-state index in [9.17, 15) is 9.59 Å². The molecule has 0 aliphatic rings. The maximum atomic E-state index is 12.4. The number of anilines is 2. The lowest BCUT2D eigenvalue weighted by Crippen LogP contribution is -2.27. The molecule has 0 aliphatic heterocycles. The van der Waals surface area contributed by atoms with Crippen molar-refractivity contribution >= 4 is 35.0 Å². The van der Waals surface area contributed by atoms with Gasteiger partial charge < -0.3 is 14.8 Å². The van der Waals surface area contributed by atoms with Gasteiger partial charge in [-0.05, 0) is 57.0 Å². The van der Waals surface area contributed by atoms with Crippen LogP contribution in [0.15, 0.2) is 42.5 Å². The molecule has 0 spiro atoms. The van der Waals surface area contributed by atoms with Crippen LogP contribution in [0.2, 0.25) is 5.02 Å². The summed E-state index contributed by atoms with van der Waals surface area (Å²) in [6, 6.07) is 12.4. The highest BCUT2D eigenvalue weighted by atomic mass is 35.5. The molecule has 2 rings (SSSR count). The van der Waals surface area contributed by atoms with Gasteiger partial charge in [0.1, 0.15) is 11.4 Å². The van der Waals surface area contributed by atoms with Gasteiger partial charge in [-0.2, -0.15) is 0 Å². The number of rotatable bonds is 6. The van der Waals surface area contributed by atoms with Gasteiger partial charge in [0.05, 0.1) is 18.5 Å². The van der Waals surface area contributed by atoms with Crippen LogP contribution in [0.4, 0.5) is 16.2 Å². The number of methoxy groups -OCH3 is 1. The van der Waals surface area contributed by atoms with E-state index < -0.39 is 11.7 Å². The first kappa shape index (κ1) is 21.6. The second-order valence-corrected chi connectivity index (χ2v) is 7.65. The molecule has 6 nitrogen and oxygen atoms in total. The molecule has 2 aromatic carbocycles. The fraction of sp³-hybridized carbons (Fsp3) is 0.333. The molecular formula is C21H25ClN2O4. The topological polar surface area (TPSA) is 76.7 Å². The van der Waals surface area contributed by atoms with Crippen molar-refractivity contribution < 1.29 is 19.1 Å². The van der Waals surface area contributed by atoms with Gasteiger partial charge in [0, 0.05) is 17.5 Å². The van der Waals surface area contributed by atoms with Gasteiger partial charge in [0.2, 0.25) is 5.91 Å². The molecule has 0 aromatic heterocycles. The van der Waals surface area contributed by atoms with Crippen molar-refractivity contribution in [3.63, 3.8) is 0 Å². The Morgan fingerprint density at radius 2 is 1.79 bits per heavy atom. The van der Waals surface area contributed by atoms with E-state index in [1.54, 1.807) is 45.0 Å². The first-order valence-electron chi connectivity index (χ1n) is 8.88. The van der Waals surface area contributed by atoms with E-state index in [-0.39, 0.29) is 12.3 Å². The van der Waals surface area contributed by atoms with Gasteiger partial charge in [-0.25, -0.2) is 4.79 Å². The average molecular weight is 405 g/mol. The second-order valence-electron chi connectivity index (χ2n) is 7.22. The third-order valence-corrected chi connectivity index (χ3v) is 3.90. The summed E-state index contributed by atoms with van der Waals surface area (Å²) in [6.45, 7) is 5.33. The van der Waals surface area contributed by atoms with Crippen molar-refractivity contribution in [2.75, 3.05) is 17.7 Å². The van der Waals surface area contributed by atoms with E-state index in [0.29, 0.717) is 28.6 Å². The number of halogens is 1. The van der Waals surface area contributed by atoms with Crippen LogP contribution in [0.5, 0.6) is 5.75 Å². The number of carbonyl (C=O) groups excluding carboxylic acids is 2. The number of hydrogen-bond donors (Lipinski definition) is 2. The zero-order valence-electron chi connectivity index (χ0n) is 16.5. The summed E-state index contributed by atoms with van der Waals surface area (Å²) in [5.41, 5.74) is 1.20. The number of amides is 2. The van der Waals surface area contributed by atoms with E-state index in [1.807, 2.05) is 18.2 Å². The molecule has 0 fully saturated rings. The summed E-state index contributed by atoms with van der Waals surface area (Å²) < 4.78 is 10.5. The molecule has 0 atom stereocenters. The van der Waals surface area contributed by atoms with Gasteiger partial charge >= 0.3 is 6.09 Å². The first-order valence-corrected chi connectivity index (χ1v) is 9.26. The van der Waals surface area contributed by atoms with Crippen molar-refractivity contribution in [1.82, 2.24) is 0 Å². The molecule has 7 heteroatoms. The molecule has 0 saturated heterocycles. The lowest BCUT2D eigenvalue weighted by molar-refractivity contribution is -0.116. The Bertz CT molecular complexity index is 847. The van der Waals surface area contributed by atoms with Crippen LogP contribution in [0.25, 0.3) is 0 Å². The van der Waals surface area contributed by atoms with Gasteiger partial charge in [-0.3, -0.25) is 10.1 Å². The molecule has 0 unspecified atom stereocenters. The van der Waals surface area contributed by atoms with Crippen molar-refractivity contribution in [3.05, 3.63) is 53.1 Å². The van der Waals surface area contributed by atoms with E-state index in [4.69, 9.17) is 21.1 Å². The Morgan fingerprint density at radius 1 is 1.04 bits per heavy atom. The van der Waals surface area contributed by atoms with Crippen LogP contribution >= 0.6 is 11.6 Å². The van der Waals surface area contributed by atoms with Crippen LogP contribution in [0.1, 0.15) is 32.8 Å². The van der Waals surface area contributed by atoms with E-state index in [2.05, 4.69) is 10.6 Å². The highest BCUT2D eigenvalue weighted by Gasteiger charge is 2.18. The van der Waals surface area contributed by atoms with Crippen molar-refractivity contribution in [1.29, 1.82) is 0 Å². The Hall–Kier alpha value is -2.73. The first-order chi connectivity index (χ1) is 13.2. The third kappa shape index (κ3) is 7.12. The molecule has 0 saturated carbocycles. The molecule has 2 amide bonds. The molecule has 0 aliphatic carbocycles. The Kier molecular flexibility index (Phi) is 7.29. The number of hydrogen-bond acceptors (Lipinski definition) is 4. The monoisotopic (exact) mass is 404 g/mol. The normalized spacial score (nSPS) is 10.9. The third-order valence-electron chi connectivity index (χ3n) is 3.67. The average Bonchev–Trinajstić information content (AvgIpc) is 2.60. The summed E-state index contributed by atoms with van der Waals surface area (Å²) in [6.07, 6.45) is 0.210. The van der Waals surface area contributed by atoms with Gasteiger partial charge in [0.25, 0.3) is 0 Å². The number of ether oxygens (including phenoxy) is 2. The van der Waals surface area contributed by atoms with Crippen molar-refractivity contribution in [3.8, 4) is 5.75 Å². The summed E-state index contributed by atoms with van der Waals surface area (Å²) in [7, 11) is 1.53. The zero-order chi connectivity index (χ0) is 20.7. The maximum Gasteiger partial charge on any atom is 0.412 e. The minimum Gasteiger partial charge on any atom is -0.497 e. The fourth-order valence-corrected chi connectivity index (χ4v) is 2.65. The fourth-order valence-electron chi connectivity index (χ4n) is 2.44. The van der Waals surface area contributed by atoms with Gasteiger partial charge in [-0.15, -0.1) is 0 Å². The second kappa shape index (κ2) is 9.46. The van der Waals surface area contributed by atoms with Crippen LogP contribution < -0.4 is 15.4 Å². The highest BCUT2D eigenvalue weighted by molar-refractivity contribution is 6.30. The Balaban J connectivity index is 2.07. The smallest absolute Gasteiger partial charge is 0.412 e. The lowest BCUT2D eigenvalue weighted by atomic mass is 10.1. The molecule has 28 heavy (non-hydrogen) atoms. The Labute approximate surface area is 170 Å². The minimum atomic E-state index is -0.628. The predicted octanol–water partition coefficient (Wildman–Crippen LogP) is 5.27. The number of benzene rings is 2. The van der Waals surface area contributed by atoms with Gasteiger partial charge in [0.15, 0.2) is 0 Å². The molecule has 2 N–H and O–H groups in total. The van der Waals surface area contributed by atoms with Crippen molar-refractivity contribution in [2.24, 2.45) is 0 Å². The van der Waals surface area contributed by atoms with Crippen molar-refractivity contribution in [2.45, 2.75) is 39.2 Å². The van der Waals surface area contributed by atoms with Crippen LogP contribution in [-0.4, -0.2) is 24.7 Å². The highest BCUT2D eigenvalue weighted by Crippen LogP contribution is 2.28. The number of aryl methyl sites for hydroxylation is 1. The molecule has 0 bridgehead atoms. The number of nitrogens with one attached hydrogen (secondary N) is 2. The summed E-state index contributed by atoms with van der Waals surface area (Å²) >= 11 is 5.97. The quantitative estimate of drug-likeness (QED) is 0.687. The largest absolute Gasteiger partial charge is 0.497 e.